The maximum atomic E-state index is 9.76. The number of aromatic amines is 2. The highest BCUT2D eigenvalue weighted by molar-refractivity contribution is 5.83. The summed E-state index contributed by atoms with van der Waals surface area (Å²) in [5.41, 5.74) is 5.03. The van der Waals surface area contributed by atoms with Crippen molar-refractivity contribution >= 4 is 22.1 Å². The van der Waals surface area contributed by atoms with Gasteiger partial charge in [-0.25, -0.2) is 9.97 Å². The summed E-state index contributed by atoms with van der Waals surface area (Å²) < 4.78 is 29.4. The molecule has 11 heteroatoms. The van der Waals surface area contributed by atoms with E-state index >= 15 is 0 Å². The Labute approximate surface area is 279 Å². The fourth-order valence-electron chi connectivity index (χ4n) is 5.22. The van der Waals surface area contributed by atoms with E-state index in [4.69, 9.17) is 28.7 Å². The van der Waals surface area contributed by atoms with Gasteiger partial charge < -0.3 is 43.7 Å². The van der Waals surface area contributed by atoms with Gasteiger partial charge in [0.15, 0.2) is 0 Å². The van der Waals surface area contributed by atoms with Gasteiger partial charge in [0.2, 0.25) is 0 Å². The minimum Gasteiger partial charge on any atom is -0.508 e. The zero-order valence-electron chi connectivity index (χ0n) is 27.3. The fraction of sp³-hybridized carbons (Fsp3) is 0.297. The second kappa shape index (κ2) is 16.1. The normalized spacial score (nSPS) is 11.5. The van der Waals surface area contributed by atoms with Crippen LogP contribution in [-0.4, -0.2) is 96.8 Å². The number of nitrogens with one attached hydrogen (secondary N) is 2. The van der Waals surface area contributed by atoms with Crippen molar-refractivity contribution in [2.75, 3.05) is 66.9 Å². The second-order valence-electron chi connectivity index (χ2n) is 11.5. The molecule has 0 aliphatic rings. The van der Waals surface area contributed by atoms with E-state index in [2.05, 4.69) is 33.9 Å². The zero-order chi connectivity index (χ0) is 33.1. The zero-order valence-corrected chi connectivity index (χ0v) is 27.3. The Morgan fingerprint density at radius 2 is 1.15 bits per heavy atom. The van der Waals surface area contributed by atoms with E-state index in [0.29, 0.717) is 57.8 Å². The highest BCUT2D eigenvalue weighted by Crippen LogP contribution is 2.31. The van der Waals surface area contributed by atoms with E-state index in [9.17, 15) is 5.11 Å². The number of aromatic hydroxyl groups is 1. The number of hydrogen-bond acceptors (Lipinski definition) is 9. The molecule has 3 N–H and O–H groups in total. The Balaban J connectivity index is 0.904. The standard InChI is InChI=1S/C37H41N5O6/c1-42(2)16-7-17-46-27-13-15-31-33(25-27)41-37(39-31)29-9-4-6-11-35(29)48-23-21-45-19-18-44-20-22-47-34-10-5-3-8-28(34)36-38-30-14-12-26(43)24-32(30)40-36/h3-6,8-15,24-25,43H,7,16-23H2,1-2H3,(H,38,40)(H,39,41). The van der Waals surface area contributed by atoms with E-state index < -0.39 is 0 Å². The first-order valence-electron chi connectivity index (χ1n) is 16.1. The van der Waals surface area contributed by atoms with E-state index in [1.807, 2.05) is 66.7 Å². The summed E-state index contributed by atoms with van der Waals surface area (Å²) in [5, 5.41) is 9.76. The van der Waals surface area contributed by atoms with Crippen molar-refractivity contribution < 1.29 is 28.8 Å². The SMILES string of the molecule is CN(C)CCCOc1ccc2nc(-c3ccccc3OCCOCCOCCOc3ccccc3-c3nc4ccc(O)cc4[nH]3)[nH]c2c1. The van der Waals surface area contributed by atoms with Crippen LogP contribution in [0.25, 0.3) is 44.8 Å². The molecule has 0 saturated carbocycles. The largest absolute Gasteiger partial charge is 0.508 e. The molecule has 6 aromatic rings. The van der Waals surface area contributed by atoms with Crippen LogP contribution in [0.2, 0.25) is 0 Å². The molecule has 0 spiro atoms. The Hall–Kier alpha value is -5.10. The molecule has 4 aromatic carbocycles. The topological polar surface area (TPSA) is 127 Å². The summed E-state index contributed by atoms with van der Waals surface area (Å²) in [7, 11) is 4.12. The van der Waals surface area contributed by atoms with Gasteiger partial charge in [0, 0.05) is 18.7 Å². The van der Waals surface area contributed by atoms with Gasteiger partial charge in [-0.15, -0.1) is 0 Å². The molecule has 6 rings (SSSR count). The Morgan fingerprint density at radius 3 is 1.75 bits per heavy atom. The van der Waals surface area contributed by atoms with Gasteiger partial charge in [-0.05, 0) is 69.0 Å². The number of fused-ring (bicyclic) bond motifs is 2. The molecule has 0 fully saturated rings. The molecule has 48 heavy (non-hydrogen) atoms. The predicted molar refractivity (Wildman–Crippen MR) is 186 cm³/mol. The number of rotatable bonds is 18. The Morgan fingerprint density at radius 1 is 0.604 bits per heavy atom. The van der Waals surface area contributed by atoms with Crippen molar-refractivity contribution in [1.82, 2.24) is 24.8 Å². The molecule has 0 aliphatic carbocycles. The van der Waals surface area contributed by atoms with Gasteiger partial charge in [-0.1, -0.05) is 24.3 Å². The molecule has 0 amide bonds. The van der Waals surface area contributed by atoms with Crippen LogP contribution in [-0.2, 0) is 9.47 Å². The summed E-state index contributed by atoms with van der Waals surface area (Å²) in [6.07, 6.45) is 0.964. The summed E-state index contributed by atoms with van der Waals surface area (Å²) >= 11 is 0. The molecule has 0 bridgehead atoms. The van der Waals surface area contributed by atoms with Crippen molar-refractivity contribution in [3.05, 3.63) is 84.9 Å². The molecular formula is C37H41N5O6. The molecule has 250 valence electrons. The Kier molecular flexibility index (Phi) is 11.0. The van der Waals surface area contributed by atoms with Crippen molar-refractivity contribution in [3.8, 4) is 45.8 Å². The molecule has 0 saturated heterocycles. The van der Waals surface area contributed by atoms with E-state index in [1.165, 1.54) is 0 Å². The van der Waals surface area contributed by atoms with E-state index in [1.54, 1.807) is 18.2 Å². The third-order valence-electron chi connectivity index (χ3n) is 7.56. The lowest BCUT2D eigenvalue weighted by molar-refractivity contribution is 0.0274. The van der Waals surface area contributed by atoms with Gasteiger partial charge in [0.25, 0.3) is 0 Å². The second-order valence-corrected chi connectivity index (χ2v) is 11.5. The number of hydrogen-bond donors (Lipinski definition) is 3. The van der Waals surface area contributed by atoms with Gasteiger partial charge >= 0.3 is 0 Å². The maximum Gasteiger partial charge on any atom is 0.142 e. The monoisotopic (exact) mass is 651 g/mol. The molecule has 11 nitrogen and oxygen atoms in total. The van der Waals surface area contributed by atoms with Crippen molar-refractivity contribution in [2.45, 2.75) is 6.42 Å². The molecule has 2 aromatic heterocycles. The molecule has 0 aliphatic heterocycles. The minimum absolute atomic E-state index is 0.187. The lowest BCUT2D eigenvalue weighted by atomic mass is 10.2. The van der Waals surface area contributed by atoms with Crippen molar-refractivity contribution in [1.29, 1.82) is 0 Å². The average Bonchev–Trinajstić information content (AvgIpc) is 3.71. The van der Waals surface area contributed by atoms with Crippen LogP contribution in [0.1, 0.15) is 6.42 Å². The van der Waals surface area contributed by atoms with Gasteiger partial charge in [-0.3, -0.25) is 0 Å². The van der Waals surface area contributed by atoms with Crippen LogP contribution in [0.4, 0.5) is 0 Å². The van der Waals surface area contributed by atoms with Crippen LogP contribution >= 0.6 is 0 Å². The maximum absolute atomic E-state index is 9.76. The Bertz CT molecular complexity index is 1920. The van der Waals surface area contributed by atoms with Crippen molar-refractivity contribution in [2.24, 2.45) is 0 Å². The highest BCUT2D eigenvalue weighted by Gasteiger charge is 2.13. The minimum atomic E-state index is 0.187. The lowest BCUT2D eigenvalue weighted by Crippen LogP contribution is -2.15. The van der Waals surface area contributed by atoms with E-state index in [-0.39, 0.29) is 5.75 Å². The number of phenolic OH excluding ortho intramolecular Hbond substituents is 1. The summed E-state index contributed by atoms with van der Waals surface area (Å²) in [6, 6.07) is 26.5. The number of phenols is 1. The van der Waals surface area contributed by atoms with Crippen LogP contribution in [0.15, 0.2) is 84.9 Å². The molecular weight excluding hydrogens is 610 g/mol. The first-order chi connectivity index (χ1) is 23.5. The summed E-state index contributed by atoms with van der Waals surface area (Å²) in [4.78, 5) is 18.2. The van der Waals surface area contributed by atoms with Crippen LogP contribution in [0.3, 0.4) is 0 Å². The van der Waals surface area contributed by atoms with Crippen LogP contribution in [0, 0.1) is 0 Å². The first kappa shape index (κ1) is 32.8. The fourth-order valence-corrected chi connectivity index (χ4v) is 5.22. The quantitative estimate of drug-likeness (QED) is 0.0918. The van der Waals surface area contributed by atoms with Crippen molar-refractivity contribution in [3.63, 3.8) is 0 Å². The lowest BCUT2D eigenvalue weighted by Gasteiger charge is -2.11. The molecule has 2 heterocycles. The van der Waals surface area contributed by atoms with Gasteiger partial charge in [-0.2, -0.15) is 0 Å². The smallest absolute Gasteiger partial charge is 0.142 e. The molecule has 0 unspecified atom stereocenters. The predicted octanol–water partition coefficient (Wildman–Crippen LogP) is 6.30. The number of imidazole rings is 2. The van der Waals surface area contributed by atoms with E-state index in [0.717, 1.165) is 63.5 Å². The number of para-hydroxylation sites is 2. The highest BCUT2D eigenvalue weighted by atomic mass is 16.6. The van der Waals surface area contributed by atoms with Crippen LogP contribution < -0.4 is 14.2 Å². The average molecular weight is 652 g/mol. The first-order valence-corrected chi connectivity index (χ1v) is 16.1. The molecule has 0 atom stereocenters. The number of H-pyrrole nitrogens is 2. The molecule has 0 radical (unpaired) electrons. The van der Waals surface area contributed by atoms with Crippen LogP contribution in [0.5, 0.6) is 23.0 Å². The number of aromatic nitrogens is 4. The van der Waals surface area contributed by atoms with Gasteiger partial charge in [0.05, 0.1) is 66.2 Å². The number of nitrogens with zero attached hydrogens (tertiary/aromatic N) is 3. The number of benzene rings is 4. The third kappa shape index (κ3) is 8.62. The summed E-state index contributed by atoms with van der Waals surface area (Å²) in [5.74, 6) is 3.85. The number of ether oxygens (including phenoxy) is 5. The third-order valence-corrected chi connectivity index (χ3v) is 7.56. The summed E-state index contributed by atoms with van der Waals surface area (Å²) in [6.45, 7) is 4.14. The van der Waals surface area contributed by atoms with Gasteiger partial charge in [0.1, 0.15) is 47.9 Å².